The second-order valence-corrected chi connectivity index (χ2v) is 6.13. The Balaban J connectivity index is 2.81. The number of amides is 1. The fourth-order valence-corrected chi connectivity index (χ4v) is 2.77. The van der Waals surface area contributed by atoms with Crippen LogP contribution in [0.5, 0.6) is 0 Å². The molecule has 1 amide bonds. The number of thiophene rings is 1. The van der Waals surface area contributed by atoms with Gasteiger partial charge in [0.25, 0.3) is 5.91 Å². The number of aliphatic hydroxyl groups is 1. The molecule has 1 aromatic rings. The minimum Gasteiger partial charge on any atom is -0.395 e. The van der Waals surface area contributed by atoms with Crippen molar-refractivity contribution in [1.29, 1.82) is 0 Å². The lowest BCUT2D eigenvalue weighted by Gasteiger charge is -2.28. The van der Waals surface area contributed by atoms with Crippen LogP contribution in [0.4, 0.5) is 0 Å². The first-order chi connectivity index (χ1) is 10.1. The summed E-state index contributed by atoms with van der Waals surface area (Å²) in [7, 11) is 0. The molecule has 4 heteroatoms. The van der Waals surface area contributed by atoms with Gasteiger partial charge in [0.1, 0.15) is 0 Å². The van der Waals surface area contributed by atoms with E-state index in [-0.39, 0.29) is 18.6 Å². The fraction of sp³-hybridized carbons (Fsp3) is 0.588. The van der Waals surface area contributed by atoms with Crippen molar-refractivity contribution < 1.29 is 9.90 Å². The average Bonchev–Trinajstić information content (AvgIpc) is 2.96. The van der Waals surface area contributed by atoms with E-state index in [2.05, 4.69) is 32.6 Å². The van der Waals surface area contributed by atoms with E-state index < -0.39 is 0 Å². The highest BCUT2D eigenvalue weighted by molar-refractivity contribution is 7.14. The van der Waals surface area contributed by atoms with Gasteiger partial charge in [-0.25, -0.2) is 0 Å². The highest BCUT2D eigenvalue weighted by atomic mass is 32.1. The van der Waals surface area contributed by atoms with E-state index in [0.29, 0.717) is 6.42 Å². The van der Waals surface area contributed by atoms with Crippen molar-refractivity contribution in [3.63, 3.8) is 0 Å². The van der Waals surface area contributed by atoms with Crippen molar-refractivity contribution in [2.45, 2.75) is 52.5 Å². The molecule has 1 heterocycles. The first-order valence-electron chi connectivity index (χ1n) is 7.64. The summed E-state index contributed by atoms with van der Waals surface area (Å²) in [6, 6.07) is 4.00. The maximum absolute atomic E-state index is 12.6. The quantitative estimate of drug-likeness (QED) is 0.783. The summed E-state index contributed by atoms with van der Waals surface area (Å²) in [5.74, 6) is 5.98. The Bertz CT molecular complexity index is 498. The lowest BCUT2D eigenvalue weighted by molar-refractivity contribution is 0.0690. The van der Waals surface area contributed by atoms with E-state index in [1.54, 1.807) is 0 Å². The fourth-order valence-electron chi connectivity index (χ4n) is 1.94. The van der Waals surface area contributed by atoms with Crippen LogP contribution >= 0.6 is 11.3 Å². The number of aliphatic hydroxyl groups excluding tert-OH is 1. The zero-order chi connectivity index (χ0) is 15.7. The number of hydrogen-bond donors (Lipinski definition) is 1. The predicted molar refractivity (Wildman–Crippen MR) is 88.6 cm³/mol. The lowest BCUT2D eigenvalue weighted by Crippen LogP contribution is -2.38. The number of nitrogens with zero attached hydrogens (tertiary/aromatic N) is 1. The molecule has 0 saturated heterocycles. The Morgan fingerprint density at radius 3 is 2.81 bits per heavy atom. The van der Waals surface area contributed by atoms with E-state index in [1.165, 1.54) is 11.3 Å². The van der Waals surface area contributed by atoms with Crippen molar-refractivity contribution in [1.82, 2.24) is 4.90 Å². The minimum absolute atomic E-state index is 0.0724. The van der Waals surface area contributed by atoms with Crippen molar-refractivity contribution in [3.8, 4) is 11.8 Å². The summed E-state index contributed by atoms with van der Waals surface area (Å²) >= 11 is 1.43. The molecular formula is C17H25NO2S. The van der Waals surface area contributed by atoms with Gasteiger partial charge in [-0.2, -0.15) is 0 Å². The van der Waals surface area contributed by atoms with Gasteiger partial charge in [-0.15, -0.1) is 11.3 Å². The molecular weight excluding hydrogens is 282 g/mol. The molecule has 1 rings (SSSR count). The molecule has 0 aliphatic rings. The Morgan fingerprint density at radius 2 is 2.19 bits per heavy atom. The predicted octanol–water partition coefficient (Wildman–Crippen LogP) is 3.52. The SMILES string of the molecule is CCCCN(C(=O)c1ccc(C#CCCO)s1)C(C)CC. The summed E-state index contributed by atoms with van der Waals surface area (Å²) in [6.07, 6.45) is 3.55. The molecule has 0 aliphatic carbocycles. The van der Waals surface area contributed by atoms with Crippen LogP contribution in [0.15, 0.2) is 12.1 Å². The molecule has 1 unspecified atom stereocenters. The summed E-state index contributed by atoms with van der Waals surface area (Å²) in [6.45, 7) is 7.23. The number of carbonyl (C=O) groups excluding carboxylic acids is 1. The third-order valence-corrected chi connectivity index (χ3v) is 4.39. The first-order valence-corrected chi connectivity index (χ1v) is 8.46. The van der Waals surface area contributed by atoms with Gasteiger partial charge in [-0.1, -0.05) is 32.1 Å². The van der Waals surface area contributed by atoms with E-state index in [1.807, 2.05) is 17.0 Å². The van der Waals surface area contributed by atoms with Gasteiger partial charge in [0, 0.05) is 19.0 Å². The van der Waals surface area contributed by atoms with E-state index >= 15 is 0 Å². The van der Waals surface area contributed by atoms with Crippen LogP contribution in [0.25, 0.3) is 0 Å². The molecule has 0 aliphatic heterocycles. The second kappa shape index (κ2) is 9.59. The molecule has 1 aromatic heterocycles. The Kier molecular flexibility index (Phi) is 8.11. The maximum Gasteiger partial charge on any atom is 0.264 e. The zero-order valence-electron chi connectivity index (χ0n) is 13.2. The van der Waals surface area contributed by atoms with Crippen molar-refractivity contribution in [2.24, 2.45) is 0 Å². The van der Waals surface area contributed by atoms with Crippen molar-refractivity contribution in [3.05, 3.63) is 21.9 Å². The molecule has 0 fully saturated rings. The highest BCUT2D eigenvalue weighted by Gasteiger charge is 2.21. The Morgan fingerprint density at radius 1 is 1.43 bits per heavy atom. The molecule has 116 valence electrons. The zero-order valence-corrected chi connectivity index (χ0v) is 14.0. The second-order valence-electron chi connectivity index (χ2n) is 5.05. The number of rotatable bonds is 7. The first kappa shape index (κ1) is 17.7. The third-order valence-electron chi connectivity index (χ3n) is 3.40. The summed E-state index contributed by atoms with van der Waals surface area (Å²) in [5, 5.41) is 8.72. The average molecular weight is 307 g/mol. The van der Waals surface area contributed by atoms with Gasteiger partial charge in [0.2, 0.25) is 0 Å². The van der Waals surface area contributed by atoms with Crippen LogP contribution in [0.2, 0.25) is 0 Å². The summed E-state index contributed by atoms with van der Waals surface area (Å²) < 4.78 is 0. The van der Waals surface area contributed by atoms with Gasteiger partial charge in [0.05, 0.1) is 16.4 Å². The Labute approximate surface area is 132 Å². The van der Waals surface area contributed by atoms with Crippen molar-refractivity contribution in [2.75, 3.05) is 13.2 Å². The van der Waals surface area contributed by atoms with Crippen LogP contribution in [-0.4, -0.2) is 35.1 Å². The van der Waals surface area contributed by atoms with Gasteiger partial charge >= 0.3 is 0 Å². The number of unbranched alkanes of at least 4 members (excludes halogenated alkanes) is 1. The lowest BCUT2D eigenvalue weighted by atomic mass is 10.2. The van der Waals surface area contributed by atoms with Gasteiger partial charge < -0.3 is 10.0 Å². The summed E-state index contributed by atoms with van der Waals surface area (Å²) in [4.78, 5) is 16.2. The van der Waals surface area contributed by atoms with E-state index in [0.717, 1.165) is 35.6 Å². The smallest absolute Gasteiger partial charge is 0.264 e. The topological polar surface area (TPSA) is 40.5 Å². The largest absolute Gasteiger partial charge is 0.395 e. The molecule has 0 spiro atoms. The van der Waals surface area contributed by atoms with Crippen LogP contribution in [0.1, 0.15) is 61.0 Å². The minimum atomic E-state index is 0.0724. The van der Waals surface area contributed by atoms with Gasteiger partial charge in [0.15, 0.2) is 0 Å². The number of hydrogen-bond acceptors (Lipinski definition) is 3. The monoisotopic (exact) mass is 307 g/mol. The molecule has 0 radical (unpaired) electrons. The number of carbonyl (C=O) groups is 1. The van der Waals surface area contributed by atoms with Gasteiger partial charge in [-0.3, -0.25) is 4.79 Å². The van der Waals surface area contributed by atoms with Gasteiger partial charge in [-0.05, 0) is 31.9 Å². The maximum atomic E-state index is 12.6. The molecule has 3 nitrogen and oxygen atoms in total. The van der Waals surface area contributed by atoms with E-state index in [4.69, 9.17) is 5.11 Å². The van der Waals surface area contributed by atoms with Crippen molar-refractivity contribution >= 4 is 17.2 Å². The molecule has 21 heavy (non-hydrogen) atoms. The van der Waals surface area contributed by atoms with Crippen LogP contribution in [-0.2, 0) is 0 Å². The van der Waals surface area contributed by atoms with Crippen LogP contribution in [0.3, 0.4) is 0 Å². The normalized spacial score (nSPS) is 11.6. The standard InChI is InChI=1S/C17H25NO2S/c1-4-6-12-18(14(3)5-2)17(20)16-11-10-15(21-16)9-7-8-13-19/h10-11,14,19H,4-6,8,12-13H2,1-3H3. The van der Waals surface area contributed by atoms with Crippen LogP contribution in [0, 0.1) is 11.8 Å². The molecule has 0 aromatic carbocycles. The highest BCUT2D eigenvalue weighted by Crippen LogP contribution is 2.20. The Hall–Kier alpha value is -1.31. The summed E-state index contributed by atoms with van der Waals surface area (Å²) in [5.41, 5.74) is 0. The molecule has 0 bridgehead atoms. The molecule has 1 atom stereocenters. The molecule has 0 saturated carbocycles. The third kappa shape index (κ3) is 5.53. The molecule has 1 N–H and O–H groups in total. The van der Waals surface area contributed by atoms with Crippen LogP contribution < -0.4 is 0 Å². The van der Waals surface area contributed by atoms with E-state index in [9.17, 15) is 4.79 Å².